The number of hydrogen-bond acceptors (Lipinski definition) is 7. The van der Waals surface area contributed by atoms with Gasteiger partial charge < -0.3 is 19.7 Å². The molecule has 10 nitrogen and oxygen atoms in total. The third kappa shape index (κ3) is 7.34. The molecule has 4 rings (SSSR count). The lowest BCUT2D eigenvalue weighted by molar-refractivity contribution is 0.0733. The number of benzene rings is 1. The summed E-state index contributed by atoms with van der Waals surface area (Å²) in [6.07, 6.45) is 3.61. The van der Waals surface area contributed by atoms with Crippen LogP contribution < -0.4 is 14.8 Å². The number of sulfonamides is 1. The summed E-state index contributed by atoms with van der Waals surface area (Å²) in [5.74, 6) is -0.967. The van der Waals surface area contributed by atoms with E-state index in [4.69, 9.17) is 16.3 Å². The third-order valence-corrected chi connectivity index (χ3v) is 6.42. The minimum atomic E-state index is -3.55. The summed E-state index contributed by atoms with van der Waals surface area (Å²) in [5.41, 5.74) is 1.34. The van der Waals surface area contributed by atoms with Crippen molar-refractivity contribution in [1.29, 1.82) is 0 Å². The van der Waals surface area contributed by atoms with E-state index in [1.165, 1.54) is 24.3 Å². The van der Waals surface area contributed by atoms with Crippen LogP contribution in [0.25, 0.3) is 11.4 Å². The van der Waals surface area contributed by atoms with Crippen molar-refractivity contribution in [2.75, 3.05) is 16.3 Å². The Hall–Kier alpha value is -4.00. The quantitative estimate of drug-likeness (QED) is 0.258. The van der Waals surface area contributed by atoms with E-state index in [0.29, 0.717) is 22.8 Å². The number of aromatic nitrogens is 3. The summed E-state index contributed by atoms with van der Waals surface area (Å²) in [7, 11) is -1.85. The molecule has 40 heavy (non-hydrogen) atoms. The maximum Gasteiger partial charge on any atom is 0.257 e. The van der Waals surface area contributed by atoms with Gasteiger partial charge in [0, 0.05) is 30.0 Å². The Balaban J connectivity index is 1.57. The second-order valence-corrected chi connectivity index (χ2v) is 11.8. The molecule has 1 amide bonds. The summed E-state index contributed by atoms with van der Waals surface area (Å²) < 4.78 is 47.1. The molecule has 0 saturated heterocycles. The second-order valence-electron chi connectivity index (χ2n) is 9.64. The van der Waals surface area contributed by atoms with Gasteiger partial charge in [0.05, 0.1) is 40.8 Å². The largest absolute Gasteiger partial charge is 0.485 e. The highest BCUT2D eigenvalue weighted by molar-refractivity contribution is 7.92. The Morgan fingerprint density at radius 2 is 1.90 bits per heavy atom. The summed E-state index contributed by atoms with van der Waals surface area (Å²) in [4.78, 5) is 21.6. The lowest BCUT2D eigenvalue weighted by Gasteiger charge is -2.17. The Kier molecular flexibility index (Phi) is 8.15. The van der Waals surface area contributed by atoms with Gasteiger partial charge in [-0.15, -0.1) is 0 Å². The molecule has 13 heteroatoms. The van der Waals surface area contributed by atoms with Crippen LogP contribution in [0.5, 0.6) is 5.75 Å². The van der Waals surface area contributed by atoms with E-state index in [0.717, 1.165) is 12.5 Å². The van der Waals surface area contributed by atoms with Gasteiger partial charge >= 0.3 is 0 Å². The molecule has 0 aliphatic heterocycles. The normalized spacial score (nSPS) is 11.8. The van der Waals surface area contributed by atoms with Crippen molar-refractivity contribution in [2.45, 2.75) is 26.1 Å². The molecule has 3 aromatic heterocycles. The number of halogens is 2. The maximum atomic E-state index is 14.1. The van der Waals surface area contributed by atoms with Gasteiger partial charge in [-0.05, 0) is 50.2 Å². The van der Waals surface area contributed by atoms with Crippen LogP contribution in [-0.4, -0.2) is 40.2 Å². The van der Waals surface area contributed by atoms with Crippen LogP contribution in [0.4, 0.5) is 15.8 Å². The summed E-state index contributed by atoms with van der Waals surface area (Å²) >= 11 is 6.09. The third-order valence-electron chi connectivity index (χ3n) is 5.60. The van der Waals surface area contributed by atoms with Crippen molar-refractivity contribution in [3.8, 4) is 17.1 Å². The van der Waals surface area contributed by atoms with Crippen LogP contribution in [0.2, 0.25) is 5.02 Å². The van der Waals surface area contributed by atoms with E-state index in [1.807, 2.05) is 0 Å². The van der Waals surface area contributed by atoms with Gasteiger partial charge in [0.1, 0.15) is 23.7 Å². The van der Waals surface area contributed by atoms with E-state index in [9.17, 15) is 22.7 Å². The molecule has 0 spiro atoms. The maximum absolute atomic E-state index is 14.1. The molecule has 0 aliphatic carbocycles. The molecule has 0 radical (unpaired) electrons. The molecule has 0 bridgehead atoms. The Bertz CT molecular complexity index is 1690. The van der Waals surface area contributed by atoms with Crippen molar-refractivity contribution in [2.24, 2.45) is 7.05 Å². The van der Waals surface area contributed by atoms with Crippen molar-refractivity contribution >= 4 is 38.9 Å². The average molecular weight is 588 g/mol. The van der Waals surface area contributed by atoms with Crippen LogP contribution >= 0.6 is 11.6 Å². The number of rotatable bonds is 9. The summed E-state index contributed by atoms with van der Waals surface area (Å²) in [6, 6.07) is 12.2. The van der Waals surface area contributed by atoms with Crippen LogP contribution in [0.1, 0.15) is 35.6 Å². The highest BCUT2D eigenvalue weighted by Crippen LogP contribution is 2.31. The molecule has 0 fully saturated rings. The minimum Gasteiger partial charge on any atom is -0.485 e. The fraction of sp³-hybridized carbons (Fsp3) is 0.222. The summed E-state index contributed by atoms with van der Waals surface area (Å²) in [5, 5.41) is 13.2. The minimum absolute atomic E-state index is 0.0154. The van der Waals surface area contributed by atoms with E-state index in [2.05, 4.69) is 20.0 Å². The number of aliphatic hydroxyl groups is 1. The molecule has 1 aromatic carbocycles. The van der Waals surface area contributed by atoms with Crippen molar-refractivity contribution in [3.63, 3.8) is 0 Å². The fourth-order valence-electron chi connectivity index (χ4n) is 3.84. The number of nitrogens with zero attached hydrogens (tertiary/aromatic N) is 3. The number of anilines is 2. The van der Waals surface area contributed by atoms with Gasteiger partial charge in [-0.25, -0.2) is 17.8 Å². The van der Waals surface area contributed by atoms with Gasteiger partial charge in [0.25, 0.3) is 5.91 Å². The molecule has 3 N–H and O–H groups in total. The van der Waals surface area contributed by atoms with Crippen molar-refractivity contribution in [3.05, 3.63) is 88.7 Å². The Labute approximate surface area is 235 Å². The van der Waals surface area contributed by atoms with Crippen LogP contribution in [0, 0.1) is 5.82 Å². The highest BCUT2D eigenvalue weighted by atomic mass is 35.5. The molecular formula is C27H27ClFN5O5S. The van der Waals surface area contributed by atoms with Gasteiger partial charge in [0.2, 0.25) is 10.0 Å². The number of pyridine rings is 2. The van der Waals surface area contributed by atoms with Crippen molar-refractivity contribution < 1.29 is 27.4 Å². The standard InChI is InChI=1S/C27H27ClFN5O5S/c1-27(2,36)24-7-5-6-19(31-24)15-39-23-11-18(29)13-30-25(23)22-8-16(14-34(22)3)26(35)32-20-9-17(28)10-21(12-20)33-40(4,37)38/h5-14,33,36H,15H2,1-4H3,(H,32,35). The molecule has 0 aliphatic rings. The fourth-order valence-corrected chi connectivity index (χ4v) is 4.62. The Morgan fingerprint density at radius 1 is 1.18 bits per heavy atom. The first-order chi connectivity index (χ1) is 18.7. The first-order valence-electron chi connectivity index (χ1n) is 11.9. The molecule has 0 saturated carbocycles. The van der Waals surface area contributed by atoms with Gasteiger partial charge in [-0.2, -0.15) is 0 Å². The zero-order valence-electron chi connectivity index (χ0n) is 22.1. The number of hydrogen-bond donors (Lipinski definition) is 3. The topological polar surface area (TPSA) is 135 Å². The molecule has 4 aromatic rings. The van der Waals surface area contributed by atoms with Crippen LogP contribution in [-0.2, 0) is 29.3 Å². The number of ether oxygens (including phenoxy) is 1. The number of amides is 1. The molecule has 210 valence electrons. The number of carbonyl (C=O) groups is 1. The second kappa shape index (κ2) is 11.2. The lowest BCUT2D eigenvalue weighted by Crippen LogP contribution is -2.18. The van der Waals surface area contributed by atoms with Crippen LogP contribution in [0.15, 0.2) is 60.9 Å². The summed E-state index contributed by atoms with van der Waals surface area (Å²) in [6.45, 7) is 3.23. The number of nitrogens with one attached hydrogen (secondary N) is 2. The van der Waals surface area contributed by atoms with Crippen molar-refractivity contribution in [1.82, 2.24) is 14.5 Å². The first kappa shape index (κ1) is 29.0. The zero-order valence-corrected chi connectivity index (χ0v) is 23.6. The van der Waals surface area contributed by atoms with Crippen LogP contribution in [0.3, 0.4) is 0 Å². The van der Waals surface area contributed by atoms with E-state index in [-0.39, 0.29) is 34.3 Å². The van der Waals surface area contributed by atoms with Gasteiger partial charge in [-0.1, -0.05) is 17.7 Å². The predicted octanol–water partition coefficient (Wildman–Crippen LogP) is 4.70. The van der Waals surface area contributed by atoms with Gasteiger partial charge in [0.15, 0.2) is 5.75 Å². The Morgan fingerprint density at radius 3 is 2.60 bits per heavy atom. The van der Waals surface area contributed by atoms with Gasteiger partial charge in [-0.3, -0.25) is 14.5 Å². The monoisotopic (exact) mass is 587 g/mol. The van der Waals surface area contributed by atoms with E-state index >= 15 is 0 Å². The predicted molar refractivity (Wildman–Crippen MR) is 150 cm³/mol. The molecule has 0 unspecified atom stereocenters. The number of aryl methyl sites for hydroxylation is 1. The van der Waals surface area contributed by atoms with E-state index < -0.39 is 27.3 Å². The molecule has 0 atom stereocenters. The SMILES string of the molecule is Cn1cc(C(=O)Nc2cc(Cl)cc(NS(C)(=O)=O)c2)cc1-c1ncc(F)cc1OCc1cccc(C(C)(C)O)n1. The first-order valence-corrected chi connectivity index (χ1v) is 14.2. The lowest BCUT2D eigenvalue weighted by atomic mass is 10.0. The highest BCUT2D eigenvalue weighted by Gasteiger charge is 2.20. The smallest absolute Gasteiger partial charge is 0.257 e. The van der Waals surface area contributed by atoms with E-state index in [1.54, 1.807) is 55.9 Å². The molecular weight excluding hydrogens is 561 g/mol. The zero-order chi connectivity index (χ0) is 29.2. The average Bonchev–Trinajstić information content (AvgIpc) is 3.22. The number of carbonyl (C=O) groups excluding carboxylic acids is 1. The molecule has 3 heterocycles.